The number of aryl methyl sites for hydroxylation is 2. The number of aromatic nitrogens is 3. The van der Waals surface area contributed by atoms with Gasteiger partial charge in [0.2, 0.25) is 0 Å². The van der Waals surface area contributed by atoms with Gasteiger partial charge in [-0.1, -0.05) is 0 Å². The number of pyridine rings is 1. The Morgan fingerprint density at radius 1 is 1.46 bits per heavy atom. The lowest BCUT2D eigenvalue weighted by atomic mass is 10.1. The summed E-state index contributed by atoms with van der Waals surface area (Å²) in [5.41, 5.74) is 3.17. The topological polar surface area (TPSA) is 54.0 Å². The lowest BCUT2D eigenvalue weighted by Gasteiger charge is -2.02. The quantitative estimate of drug-likeness (QED) is 0.600. The van der Waals surface area contributed by atoms with Crippen molar-refractivity contribution < 1.29 is 0 Å². The van der Waals surface area contributed by atoms with Crippen LogP contribution in [0.4, 0.5) is 0 Å². The van der Waals surface area contributed by atoms with Crippen molar-refractivity contribution in [1.29, 1.82) is 5.26 Å². The van der Waals surface area contributed by atoms with E-state index in [1.807, 2.05) is 19.9 Å². The standard InChI is InChI=1S/C9H8N4/c1-6-3-7(2)13-9(8(6)4-10)11-5-12-13/h3,5H,1-2H3. The van der Waals surface area contributed by atoms with Gasteiger partial charge in [-0.25, -0.2) is 9.50 Å². The van der Waals surface area contributed by atoms with E-state index in [2.05, 4.69) is 16.2 Å². The predicted octanol–water partition coefficient (Wildman–Crippen LogP) is 1.22. The molecule has 64 valence electrons. The van der Waals surface area contributed by atoms with E-state index in [-0.39, 0.29) is 0 Å². The van der Waals surface area contributed by atoms with Crippen molar-refractivity contribution in [1.82, 2.24) is 14.6 Å². The number of rotatable bonds is 0. The van der Waals surface area contributed by atoms with Crippen molar-refractivity contribution in [3.63, 3.8) is 0 Å². The van der Waals surface area contributed by atoms with E-state index in [1.165, 1.54) is 6.33 Å². The summed E-state index contributed by atoms with van der Waals surface area (Å²) >= 11 is 0. The van der Waals surface area contributed by atoms with E-state index < -0.39 is 0 Å². The summed E-state index contributed by atoms with van der Waals surface area (Å²) in [6.45, 7) is 3.84. The van der Waals surface area contributed by atoms with Gasteiger partial charge in [-0.3, -0.25) is 0 Å². The van der Waals surface area contributed by atoms with Gasteiger partial charge in [0.15, 0.2) is 5.65 Å². The normalized spacial score (nSPS) is 10.2. The van der Waals surface area contributed by atoms with Crippen molar-refractivity contribution in [2.45, 2.75) is 13.8 Å². The first kappa shape index (κ1) is 7.74. The monoisotopic (exact) mass is 172 g/mol. The van der Waals surface area contributed by atoms with Crippen molar-refractivity contribution in [3.8, 4) is 6.07 Å². The highest BCUT2D eigenvalue weighted by Gasteiger charge is 2.08. The Balaban J connectivity index is 2.99. The van der Waals surface area contributed by atoms with Crippen LogP contribution in [0.2, 0.25) is 0 Å². The molecule has 4 nitrogen and oxygen atoms in total. The van der Waals surface area contributed by atoms with Gasteiger partial charge in [0.1, 0.15) is 12.4 Å². The molecule has 2 rings (SSSR count). The second-order valence-electron chi connectivity index (χ2n) is 2.95. The first-order chi connectivity index (χ1) is 6.24. The van der Waals surface area contributed by atoms with Crippen LogP contribution in [0, 0.1) is 25.2 Å². The molecule has 0 aromatic carbocycles. The van der Waals surface area contributed by atoms with E-state index in [1.54, 1.807) is 4.52 Å². The fourth-order valence-electron chi connectivity index (χ4n) is 1.43. The predicted molar refractivity (Wildman–Crippen MR) is 47.2 cm³/mol. The third kappa shape index (κ3) is 0.975. The molecule has 0 aliphatic heterocycles. The summed E-state index contributed by atoms with van der Waals surface area (Å²) in [6.07, 6.45) is 1.46. The van der Waals surface area contributed by atoms with Gasteiger partial charge >= 0.3 is 0 Å². The van der Waals surface area contributed by atoms with Gasteiger partial charge in [0.25, 0.3) is 0 Å². The highest BCUT2D eigenvalue weighted by molar-refractivity contribution is 5.58. The Morgan fingerprint density at radius 2 is 2.23 bits per heavy atom. The van der Waals surface area contributed by atoms with Crippen LogP contribution in [0.25, 0.3) is 5.65 Å². The van der Waals surface area contributed by atoms with Crippen LogP contribution in [0.1, 0.15) is 16.8 Å². The minimum absolute atomic E-state index is 0.600. The largest absolute Gasteiger partial charge is 0.217 e. The molecule has 0 radical (unpaired) electrons. The number of hydrogen-bond donors (Lipinski definition) is 0. The average molecular weight is 172 g/mol. The first-order valence-corrected chi connectivity index (χ1v) is 3.94. The molecule has 0 spiro atoms. The highest BCUT2D eigenvalue weighted by atomic mass is 15.3. The molecule has 0 aliphatic carbocycles. The number of nitriles is 1. The maximum Gasteiger partial charge on any atom is 0.173 e. The number of fused-ring (bicyclic) bond motifs is 1. The van der Waals surface area contributed by atoms with Crippen LogP contribution in [0.5, 0.6) is 0 Å². The minimum Gasteiger partial charge on any atom is -0.217 e. The SMILES string of the molecule is Cc1cc(C)n2ncnc2c1C#N. The highest BCUT2D eigenvalue weighted by Crippen LogP contribution is 2.14. The van der Waals surface area contributed by atoms with Gasteiger partial charge in [0.05, 0.1) is 5.56 Å². The molecule has 0 N–H and O–H groups in total. The fourth-order valence-corrected chi connectivity index (χ4v) is 1.43. The Labute approximate surface area is 75.4 Å². The Kier molecular flexibility index (Phi) is 1.52. The summed E-state index contributed by atoms with van der Waals surface area (Å²) in [6, 6.07) is 4.06. The van der Waals surface area contributed by atoms with E-state index >= 15 is 0 Å². The molecule has 0 fully saturated rings. The molecule has 0 atom stereocenters. The first-order valence-electron chi connectivity index (χ1n) is 3.94. The molecule has 0 unspecified atom stereocenters. The summed E-state index contributed by atoms with van der Waals surface area (Å²) in [5.74, 6) is 0. The molecule has 2 heterocycles. The van der Waals surface area contributed by atoms with Gasteiger partial charge in [-0.2, -0.15) is 10.4 Å². The van der Waals surface area contributed by atoms with Crippen LogP contribution in [0.3, 0.4) is 0 Å². The molecule has 0 aliphatic rings. The Bertz CT molecular complexity index is 504. The number of nitrogens with zero attached hydrogens (tertiary/aromatic N) is 4. The molecule has 0 bridgehead atoms. The molecular formula is C9H8N4. The van der Waals surface area contributed by atoms with Crippen molar-refractivity contribution in [2.75, 3.05) is 0 Å². The van der Waals surface area contributed by atoms with E-state index in [9.17, 15) is 0 Å². The van der Waals surface area contributed by atoms with Crippen molar-refractivity contribution in [2.24, 2.45) is 0 Å². The third-order valence-electron chi connectivity index (χ3n) is 2.04. The molecule has 0 saturated heterocycles. The third-order valence-corrected chi connectivity index (χ3v) is 2.04. The lowest BCUT2D eigenvalue weighted by Crippen LogP contribution is -1.98. The summed E-state index contributed by atoms with van der Waals surface area (Å²) in [5, 5.41) is 12.9. The molecule has 4 heteroatoms. The van der Waals surface area contributed by atoms with Crippen molar-refractivity contribution in [3.05, 3.63) is 29.2 Å². The second kappa shape index (κ2) is 2.56. The zero-order chi connectivity index (χ0) is 9.42. The Hall–Kier alpha value is -1.89. The van der Waals surface area contributed by atoms with Gasteiger partial charge in [-0.05, 0) is 25.5 Å². The maximum atomic E-state index is 8.89. The maximum absolute atomic E-state index is 8.89. The lowest BCUT2D eigenvalue weighted by molar-refractivity contribution is 0.909. The van der Waals surface area contributed by atoms with Gasteiger partial charge < -0.3 is 0 Å². The molecule has 0 saturated carbocycles. The fraction of sp³-hybridized carbons (Fsp3) is 0.222. The minimum atomic E-state index is 0.600. The second-order valence-corrected chi connectivity index (χ2v) is 2.95. The van der Waals surface area contributed by atoms with Gasteiger partial charge in [0, 0.05) is 5.69 Å². The molecule has 2 aromatic heterocycles. The van der Waals surface area contributed by atoms with E-state index in [4.69, 9.17) is 5.26 Å². The summed E-state index contributed by atoms with van der Waals surface area (Å²) in [4.78, 5) is 4.04. The van der Waals surface area contributed by atoms with E-state index in [0.717, 1.165) is 11.3 Å². The van der Waals surface area contributed by atoms with Gasteiger partial charge in [-0.15, -0.1) is 0 Å². The average Bonchev–Trinajstić information content (AvgIpc) is 2.53. The molecule has 13 heavy (non-hydrogen) atoms. The van der Waals surface area contributed by atoms with Crippen LogP contribution >= 0.6 is 0 Å². The molecular weight excluding hydrogens is 164 g/mol. The van der Waals surface area contributed by atoms with Crippen LogP contribution in [0.15, 0.2) is 12.4 Å². The van der Waals surface area contributed by atoms with Crippen molar-refractivity contribution >= 4 is 5.65 Å². The summed E-state index contributed by atoms with van der Waals surface area (Å²) < 4.78 is 1.67. The Morgan fingerprint density at radius 3 is 2.92 bits per heavy atom. The van der Waals surface area contributed by atoms with Crippen LogP contribution in [-0.4, -0.2) is 14.6 Å². The van der Waals surface area contributed by atoms with E-state index in [0.29, 0.717) is 11.2 Å². The molecule has 0 amide bonds. The molecule has 2 aromatic rings. The summed E-state index contributed by atoms with van der Waals surface area (Å²) in [7, 11) is 0. The smallest absolute Gasteiger partial charge is 0.173 e. The van der Waals surface area contributed by atoms with Crippen LogP contribution < -0.4 is 0 Å². The zero-order valence-corrected chi connectivity index (χ0v) is 7.44. The zero-order valence-electron chi connectivity index (χ0n) is 7.44. The van der Waals surface area contributed by atoms with Crippen LogP contribution in [-0.2, 0) is 0 Å². The number of hydrogen-bond acceptors (Lipinski definition) is 3.